The van der Waals surface area contributed by atoms with Crippen molar-refractivity contribution in [3.05, 3.63) is 34.7 Å². The second-order valence-electron chi connectivity index (χ2n) is 7.21. The molecule has 6 nitrogen and oxygen atoms in total. The number of benzene rings is 1. The molecule has 0 saturated carbocycles. The molecule has 0 aliphatic carbocycles. The topological polar surface area (TPSA) is 67.9 Å². The van der Waals surface area contributed by atoms with Gasteiger partial charge in [-0.2, -0.15) is 0 Å². The minimum absolute atomic E-state index is 0.0104. The molecule has 156 valence electrons. The van der Waals surface area contributed by atoms with Gasteiger partial charge >= 0.3 is 0 Å². The molecule has 0 fully saturated rings. The SMILES string of the molecule is COc1ccc(OC)c(CNC(=O)CN2C(=O)CSc3sc(CC(C)C)cc32)c1. The lowest BCUT2D eigenvalue weighted by Crippen LogP contribution is -2.42. The molecule has 0 atom stereocenters. The van der Waals surface area contributed by atoms with Crippen LogP contribution in [-0.2, 0) is 22.6 Å². The fourth-order valence-corrected chi connectivity index (χ4v) is 5.69. The second-order valence-corrected chi connectivity index (χ2v) is 9.59. The van der Waals surface area contributed by atoms with Crippen molar-refractivity contribution in [3.8, 4) is 11.5 Å². The summed E-state index contributed by atoms with van der Waals surface area (Å²) < 4.78 is 11.7. The number of carbonyl (C=O) groups is 2. The number of hydrogen-bond acceptors (Lipinski definition) is 6. The fraction of sp³-hybridized carbons (Fsp3) is 0.429. The van der Waals surface area contributed by atoms with Gasteiger partial charge in [0.05, 0.1) is 29.9 Å². The highest BCUT2D eigenvalue weighted by Crippen LogP contribution is 2.42. The van der Waals surface area contributed by atoms with Gasteiger partial charge in [-0.1, -0.05) is 13.8 Å². The van der Waals surface area contributed by atoms with Crippen molar-refractivity contribution >= 4 is 40.6 Å². The summed E-state index contributed by atoms with van der Waals surface area (Å²) in [5.74, 6) is 2.04. The van der Waals surface area contributed by atoms with Gasteiger partial charge in [-0.05, 0) is 36.6 Å². The molecule has 0 bridgehead atoms. The fourth-order valence-electron chi connectivity index (χ4n) is 3.13. The van der Waals surface area contributed by atoms with Crippen LogP contribution in [0.25, 0.3) is 0 Å². The smallest absolute Gasteiger partial charge is 0.240 e. The van der Waals surface area contributed by atoms with E-state index in [0.29, 0.717) is 29.7 Å². The molecule has 1 N–H and O–H groups in total. The van der Waals surface area contributed by atoms with Crippen LogP contribution in [0.4, 0.5) is 5.69 Å². The molecule has 1 aromatic heterocycles. The summed E-state index contributed by atoms with van der Waals surface area (Å²) in [4.78, 5) is 27.9. The quantitative estimate of drug-likeness (QED) is 0.686. The Morgan fingerprint density at radius 2 is 2.03 bits per heavy atom. The summed E-state index contributed by atoms with van der Waals surface area (Å²) in [5.41, 5.74) is 1.68. The lowest BCUT2D eigenvalue weighted by Gasteiger charge is -2.26. The third-order valence-corrected chi connectivity index (χ3v) is 6.93. The van der Waals surface area contributed by atoms with E-state index in [9.17, 15) is 9.59 Å². The van der Waals surface area contributed by atoms with E-state index in [-0.39, 0.29) is 18.4 Å². The number of thiophene rings is 1. The van der Waals surface area contributed by atoms with Crippen LogP contribution in [-0.4, -0.2) is 38.3 Å². The van der Waals surface area contributed by atoms with Gasteiger partial charge in [-0.15, -0.1) is 23.1 Å². The number of ether oxygens (including phenoxy) is 2. The standard InChI is InChI=1S/C21H26N2O4S2/c1-13(2)7-16-9-17-21(29-16)28-12-20(25)23(17)11-19(24)22-10-14-8-15(26-3)5-6-18(14)27-4/h5-6,8-9,13H,7,10-12H2,1-4H3,(H,22,24). The number of carbonyl (C=O) groups excluding carboxylic acids is 2. The van der Waals surface area contributed by atoms with Crippen LogP contribution in [0.5, 0.6) is 11.5 Å². The molecule has 0 unspecified atom stereocenters. The number of amides is 2. The zero-order valence-electron chi connectivity index (χ0n) is 17.1. The van der Waals surface area contributed by atoms with Crippen LogP contribution in [0, 0.1) is 5.92 Å². The molecule has 2 aromatic rings. The molecular formula is C21H26N2O4S2. The van der Waals surface area contributed by atoms with E-state index in [2.05, 4.69) is 25.2 Å². The van der Waals surface area contributed by atoms with Crippen LogP contribution >= 0.6 is 23.1 Å². The van der Waals surface area contributed by atoms with Gasteiger partial charge < -0.3 is 19.7 Å². The minimum atomic E-state index is -0.210. The van der Waals surface area contributed by atoms with E-state index in [1.54, 1.807) is 54.4 Å². The first-order chi connectivity index (χ1) is 13.9. The molecule has 1 aliphatic rings. The lowest BCUT2D eigenvalue weighted by atomic mass is 10.1. The molecule has 0 radical (unpaired) electrons. The number of thioether (sulfide) groups is 1. The van der Waals surface area contributed by atoms with Gasteiger partial charge in [0.25, 0.3) is 0 Å². The predicted octanol–water partition coefficient (Wildman–Crippen LogP) is 3.72. The highest BCUT2D eigenvalue weighted by molar-refractivity contribution is 8.02. The van der Waals surface area contributed by atoms with Gasteiger partial charge in [-0.3, -0.25) is 9.59 Å². The van der Waals surface area contributed by atoms with Crippen molar-refractivity contribution in [1.82, 2.24) is 5.32 Å². The van der Waals surface area contributed by atoms with Crippen molar-refractivity contribution in [3.63, 3.8) is 0 Å². The summed E-state index contributed by atoms with van der Waals surface area (Å²) in [6.45, 7) is 4.66. The first kappa shape index (κ1) is 21.5. The maximum atomic E-state index is 12.6. The van der Waals surface area contributed by atoms with Crippen LogP contribution in [0.1, 0.15) is 24.3 Å². The van der Waals surface area contributed by atoms with Crippen molar-refractivity contribution in [2.75, 3.05) is 31.4 Å². The summed E-state index contributed by atoms with van der Waals surface area (Å²) in [6.07, 6.45) is 0.974. The molecule has 1 aromatic carbocycles. The highest BCUT2D eigenvalue weighted by atomic mass is 32.2. The summed E-state index contributed by atoms with van der Waals surface area (Å²) in [7, 11) is 3.18. The number of rotatable bonds is 8. The number of nitrogens with one attached hydrogen (secondary N) is 1. The van der Waals surface area contributed by atoms with E-state index in [4.69, 9.17) is 9.47 Å². The van der Waals surface area contributed by atoms with Gasteiger partial charge in [0.2, 0.25) is 11.8 Å². The normalized spacial score (nSPS) is 13.4. The predicted molar refractivity (Wildman–Crippen MR) is 117 cm³/mol. The Hall–Kier alpha value is -2.19. The van der Waals surface area contributed by atoms with Gasteiger partial charge in [0, 0.05) is 17.0 Å². The second kappa shape index (κ2) is 9.54. The number of anilines is 1. The molecule has 29 heavy (non-hydrogen) atoms. The van der Waals surface area contributed by atoms with E-state index in [1.807, 2.05) is 6.07 Å². The number of fused-ring (bicyclic) bond motifs is 1. The van der Waals surface area contributed by atoms with Gasteiger partial charge in [-0.25, -0.2) is 0 Å². The van der Waals surface area contributed by atoms with Crippen LogP contribution < -0.4 is 19.7 Å². The average molecular weight is 435 g/mol. The molecule has 8 heteroatoms. The average Bonchev–Trinajstić information content (AvgIpc) is 3.10. The molecule has 2 amide bonds. The van der Waals surface area contributed by atoms with Crippen molar-refractivity contribution in [1.29, 1.82) is 0 Å². The number of methoxy groups -OCH3 is 2. The Bertz CT molecular complexity index is 895. The third kappa shape index (κ3) is 5.25. The van der Waals surface area contributed by atoms with E-state index in [1.165, 1.54) is 4.88 Å². The Labute approximate surface area is 179 Å². The molecule has 3 rings (SSSR count). The molecular weight excluding hydrogens is 408 g/mol. The zero-order valence-corrected chi connectivity index (χ0v) is 18.7. The number of hydrogen-bond donors (Lipinski definition) is 1. The first-order valence-corrected chi connectivity index (χ1v) is 11.2. The molecule has 2 heterocycles. The lowest BCUT2D eigenvalue weighted by molar-refractivity contribution is -0.123. The maximum Gasteiger partial charge on any atom is 0.240 e. The number of nitrogens with zero attached hydrogens (tertiary/aromatic N) is 1. The van der Waals surface area contributed by atoms with Crippen molar-refractivity contribution < 1.29 is 19.1 Å². The molecule has 0 saturated heterocycles. The largest absolute Gasteiger partial charge is 0.497 e. The Morgan fingerprint density at radius 3 is 2.72 bits per heavy atom. The molecule has 0 spiro atoms. The summed E-state index contributed by atoms with van der Waals surface area (Å²) >= 11 is 3.28. The Balaban J connectivity index is 1.68. The monoisotopic (exact) mass is 434 g/mol. The van der Waals surface area contributed by atoms with Gasteiger partial charge in [0.1, 0.15) is 18.0 Å². The third-order valence-electron chi connectivity index (χ3n) is 4.52. The van der Waals surface area contributed by atoms with E-state index in [0.717, 1.165) is 21.9 Å². The zero-order chi connectivity index (χ0) is 21.0. The van der Waals surface area contributed by atoms with E-state index >= 15 is 0 Å². The summed E-state index contributed by atoms with van der Waals surface area (Å²) in [6, 6.07) is 7.50. The Kier molecular flexibility index (Phi) is 7.08. The van der Waals surface area contributed by atoms with Crippen LogP contribution in [0.2, 0.25) is 0 Å². The highest BCUT2D eigenvalue weighted by Gasteiger charge is 2.29. The maximum absolute atomic E-state index is 12.6. The summed E-state index contributed by atoms with van der Waals surface area (Å²) in [5, 5.41) is 2.89. The van der Waals surface area contributed by atoms with E-state index < -0.39 is 0 Å². The van der Waals surface area contributed by atoms with Crippen molar-refractivity contribution in [2.24, 2.45) is 5.92 Å². The first-order valence-electron chi connectivity index (χ1n) is 9.44. The van der Waals surface area contributed by atoms with Crippen LogP contribution in [0.3, 0.4) is 0 Å². The van der Waals surface area contributed by atoms with Gasteiger partial charge in [0.15, 0.2) is 0 Å². The van der Waals surface area contributed by atoms with Crippen LogP contribution in [0.15, 0.2) is 28.5 Å². The minimum Gasteiger partial charge on any atom is -0.497 e. The Morgan fingerprint density at radius 1 is 1.24 bits per heavy atom. The molecule has 1 aliphatic heterocycles. The van der Waals surface area contributed by atoms with Crippen molar-refractivity contribution in [2.45, 2.75) is 31.0 Å².